The Morgan fingerprint density at radius 1 is 1.26 bits per heavy atom. The summed E-state index contributed by atoms with van der Waals surface area (Å²) in [5.74, 6) is 0.813. The predicted molar refractivity (Wildman–Crippen MR) is 79.0 cm³/mol. The summed E-state index contributed by atoms with van der Waals surface area (Å²) in [5, 5.41) is 0. The molecule has 3 heteroatoms. The van der Waals surface area contributed by atoms with E-state index in [0.29, 0.717) is 24.2 Å². The normalized spacial score (nSPS) is 11.5. The van der Waals surface area contributed by atoms with E-state index in [-0.39, 0.29) is 11.3 Å². The fraction of sp³-hybridized carbons (Fsp3) is 0.562. The standard InChI is InChI=1S/C16H25NO2/c1-10-9-11(2)14(15(19-6)12(10)3)13(18)7-8-16(4,5)17/h9H,7-8,17H2,1-6H3. The second kappa shape index (κ2) is 5.74. The SMILES string of the molecule is COc1c(C)c(C)cc(C)c1C(=O)CCC(C)(C)N. The number of ketones is 1. The number of aryl methyl sites for hydroxylation is 2. The topological polar surface area (TPSA) is 52.3 Å². The lowest BCUT2D eigenvalue weighted by Gasteiger charge is -2.19. The molecule has 0 aliphatic carbocycles. The van der Waals surface area contributed by atoms with Crippen LogP contribution in [0.25, 0.3) is 0 Å². The van der Waals surface area contributed by atoms with Crippen LogP contribution < -0.4 is 10.5 Å². The molecule has 0 fully saturated rings. The quantitative estimate of drug-likeness (QED) is 0.829. The fourth-order valence-corrected chi connectivity index (χ4v) is 2.21. The van der Waals surface area contributed by atoms with Crippen LogP contribution in [0.4, 0.5) is 0 Å². The number of hydrogen-bond acceptors (Lipinski definition) is 3. The van der Waals surface area contributed by atoms with Gasteiger partial charge in [0.15, 0.2) is 5.78 Å². The van der Waals surface area contributed by atoms with Crippen LogP contribution in [0.15, 0.2) is 6.07 Å². The summed E-state index contributed by atoms with van der Waals surface area (Å²) in [6.07, 6.45) is 1.12. The maximum absolute atomic E-state index is 12.4. The van der Waals surface area contributed by atoms with Gasteiger partial charge in [0.25, 0.3) is 0 Å². The van der Waals surface area contributed by atoms with Crippen LogP contribution in [0.2, 0.25) is 0 Å². The van der Waals surface area contributed by atoms with E-state index >= 15 is 0 Å². The van der Waals surface area contributed by atoms with Gasteiger partial charge in [-0.15, -0.1) is 0 Å². The van der Waals surface area contributed by atoms with Crippen LogP contribution in [-0.4, -0.2) is 18.4 Å². The molecule has 0 aromatic heterocycles. The van der Waals surface area contributed by atoms with Crippen molar-refractivity contribution >= 4 is 5.78 Å². The molecule has 106 valence electrons. The van der Waals surface area contributed by atoms with Crippen LogP contribution in [0.5, 0.6) is 5.75 Å². The van der Waals surface area contributed by atoms with Crippen molar-refractivity contribution in [1.29, 1.82) is 0 Å². The molecule has 0 spiro atoms. The fourth-order valence-electron chi connectivity index (χ4n) is 2.21. The number of nitrogens with two attached hydrogens (primary N) is 1. The molecular weight excluding hydrogens is 238 g/mol. The first kappa shape index (κ1) is 15.7. The van der Waals surface area contributed by atoms with Crippen molar-refractivity contribution in [3.05, 3.63) is 28.3 Å². The minimum Gasteiger partial charge on any atom is -0.496 e. The third kappa shape index (κ3) is 3.80. The van der Waals surface area contributed by atoms with E-state index in [1.807, 2.05) is 40.7 Å². The van der Waals surface area contributed by atoms with E-state index in [0.717, 1.165) is 16.7 Å². The molecule has 2 N–H and O–H groups in total. The summed E-state index contributed by atoms with van der Waals surface area (Å²) >= 11 is 0. The summed E-state index contributed by atoms with van der Waals surface area (Å²) in [7, 11) is 1.62. The molecule has 0 bridgehead atoms. The minimum absolute atomic E-state index is 0.107. The van der Waals surface area contributed by atoms with Crippen LogP contribution in [0, 0.1) is 20.8 Å². The molecule has 0 amide bonds. The van der Waals surface area contributed by atoms with Gasteiger partial charge in [-0.05, 0) is 57.7 Å². The first-order chi connectivity index (χ1) is 8.67. The van der Waals surface area contributed by atoms with Crippen LogP contribution in [0.3, 0.4) is 0 Å². The van der Waals surface area contributed by atoms with Crippen molar-refractivity contribution in [2.75, 3.05) is 7.11 Å². The van der Waals surface area contributed by atoms with Gasteiger partial charge in [-0.1, -0.05) is 6.07 Å². The van der Waals surface area contributed by atoms with Gasteiger partial charge in [0.1, 0.15) is 5.75 Å². The van der Waals surface area contributed by atoms with E-state index in [4.69, 9.17) is 10.5 Å². The van der Waals surface area contributed by atoms with Gasteiger partial charge >= 0.3 is 0 Å². The van der Waals surface area contributed by atoms with Crippen LogP contribution in [-0.2, 0) is 0 Å². The Labute approximate surface area is 116 Å². The molecule has 1 aromatic rings. The van der Waals surface area contributed by atoms with E-state index in [1.54, 1.807) is 7.11 Å². The summed E-state index contributed by atoms with van der Waals surface area (Å²) in [6, 6.07) is 2.04. The van der Waals surface area contributed by atoms with Crippen molar-refractivity contribution in [3.63, 3.8) is 0 Å². The van der Waals surface area contributed by atoms with Crippen LogP contribution in [0.1, 0.15) is 53.7 Å². The summed E-state index contributed by atoms with van der Waals surface area (Å²) in [5.41, 5.74) is 9.47. The largest absolute Gasteiger partial charge is 0.496 e. The number of rotatable bonds is 5. The van der Waals surface area contributed by atoms with Crippen molar-refractivity contribution in [3.8, 4) is 5.75 Å². The number of Topliss-reactive ketones (excluding diaryl/α,β-unsaturated/α-hetero) is 1. The Morgan fingerprint density at radius 2 is 1.84 bits per heavy atom. The Balaban J connectivity index is 3.13. The molecule has 0 saturated heterocycles. The third-order valence-corrected chi connectivity index (χ3v) is 3.47. The zero-order valence-electron chi connectivity index (χ0n) is 12.9. The van der Waals surface area contributed by atoms with E-state index in [9.17, 15) is 4.79 Å². The average molecular weight is 263 g/mol. The zero-order valence-corrected chi connectivity index (χ0v) is 12.9. The van der Waals surface area contributed by atoms with E-state index in [1.165, 1.54) is 0 Å². The van der Waals surface area contributed by atoms with E-state index in [2.05, 4.69) is 0 Å². The molecule has 3 nitrogen and oxygen atoms in total. The summed E-state index contributed by atoms with van der Waals surface area (Å²) in [4.78, 5) is 12.4. The van der Waals surface area contributed by atoms with Crippen molar-refractivity contribution in [2.24, 2.45) is 5.73 Å². The molecule has 0 aliphatic heterocycles. The molecule has 0 unspecified atom stereocenters. The molecule has 0 saturated carbocycles. The first-order valence-corrected chi connectivity index (χ1v) is 6.64. The highest BCUT2D eigenvalue weighted by Gasteiger charge is 2.21. The molecule has 1 rings (SSSR count). The van der Waals surface area contributed by atoms with Gasteiger partial charge < -0.3 is 10.5 Å². The zero-order chi connectivity index (χ0) is 14.8. The second-order valence-electron chi connectivity index (χ2n) is 5.96. The highest BCUT2D eigenvalue weighted by atomic mass is 16.5. The second-order valence-corrected chi connectivity index (χ2v) is 5.96. The predicted octanol–water partition coefficient (Wildman–Crippen LogP) is 3.32. The van der Waals surface area contributed by atoms with Crippen molar-refractivity contribution in [1.82, 2.24) is 0 Å². The lowest BCUT2D eigenvalue weighted by Crippen LogP contribution is -2.32. The third-order valence-electron chi connectivity index (χ3n) is 3.47. The average Bonchev–Trinajstić information content (AvgIpc) is 2.29. The highest BCUT2D eigenvalue weighted by molar-refractivity contribution is 6.00. The molecular formula is C16H25NO2. The number of ether oxygens (including phenoxy) is 1. The Morgan fingerprint density at radius 3 is 2.32 bits per heavy atom. The Bertz CT molecular complexity index is 485. The lowest BCUT2D eigenvalue weighted by atomic mass is 9.91. The van der Waals surface area contributed by atoms with Gasteiger partial charge in [-0.25, -0.2) is 0 Å². The van der Waals surface area contributed by atoms with Gasteiger partial charge in [0.05, 0.1) is 12.7 Å². The van der Waals surface area contributed by atoms with Gasteiger partial charge in [0.2, 0.25) is 0 Å². The Hall–Kier alpha value is -1.35. The number of benzene rings is 1. The number of hydrogen-bond donors (Lipinski definition) is 1. The minimum atomic E-state index is -0.323. The number of carbonyl (C=O) groups is 1. The number of carbonyl (C=O) groups excluding carboxylic acids is 1. The summed E-state index contributed by atoms with van der Waals surface area (Å²) < 4.78 is 5.44. The van der Waals surface area contributed by atoms with Gasteiger partial charge in [-0.3, -0.25) is 4.79 Å². The molecule has 19 heavy (non-hydrogen) atoms. The lowest BCUT2D eigenvalue weighted by molar-refractivity contribution is 0.0969. The molecule has 0 heterocycles. The molecule has 0 radical (unpaired) electrons. The maximum atomic E-state index is 12.4. The number of methoxy groups -OCH3 is 1. The first-order valence-electron chi connectivity index (χ1n) is 6.64. The van der Waals surface area contributed by atoms with Crippen LogP contribution >= 0.6 is 0 Å². The molecule has 0 atom stereocenters. The Kier molecular flexibility index (Phi) is 4.75. The van der Waals surface area contributed by atoms with Gasteiger partial charge in [-0.2, -0.15) is 0 Å². The monoisotopic (exact) mass is 263 g/mol. The molecule has 0 aliphatic rings. The van der Waals surface area contributed by atoms with Crippen molar-refractivity contribution in [2.45, 2.75) is 53.0 Å². The van der Waals surface area contributed by atoms with E-state index < -0.39 is 0 Å². The highest BCUT2D eigenvalue weighted by Crippen LogP contribution is 2.31. The molecule has 1 aromatic carbocycles. The summed E-state index contributed by atoms with van der Waals surface area (Å²) in [6.45, 7) is 9.84. The maximum Gasteiger partial charge on any atom is 0.166 e. The van der Waals surface area contributed by atoms with Crippen molar-refractivity contribution < 1.29 is 9.53 Å². The smallest absolute Gasteiger partial charge is 0.166 e. The van der Waals surface area contributed by atoms with Gasteiger partial charge in [0, 0.05) is 12.0 Å².